The Bertz CT molecular complexity index is 182. The third kappa shape index (κ3) is 6.45. The molecule has 104 valence electrons. The first-order chi connectivity index (χ1) is 7.85. The van der Waals surface area contributed by atoms with E-state index in [1.165, 1.54) is 25.8 Å². The van der Waals surface area contributed by atoms with Gasteiger partial charge in [0.2, 0.25) is 0 Å². The molecule has 0 bridgehead atoms. The third-order valence-corrected chi connectivity index (χ3v) is 4.38. The first kappa shape index (κ1) is 17.0. The highest BCUT2D eigenvalue weighted by Gasteiger charge is 2.30. The van der Waals surface area contributed by atoms with E-state index in [1.54, 1.807) is 0 Å². The molecule has 0 heterocycles. The highest BCUT2D eigenvalue weighted by molar-refractivity contribution is 4.82. The Morgan fingerprint density at radius 3 is 1.88 bits per heavy atom. The monoisotopic (exact) mass is 241 g/mol. The molecule has 0 aliphatic heterocycles. The molecule has 0 aromatic carbocycles. The summed E-state index contributed by atoms with van der Waals surface area (Å²) in [5.74, 6) is 2.39. The number of nitrogens with one attached hydrogen (secondary N) is 1. The summed E-state index contributed by atoms with van der Waals surface area (Å²) < 4.78 is 0. The van der Waals surface area contributed by atoms with Crippen LogP contribution in [0.2, 0.25) is 0 Å². The lowest BCUT2D eigenvalue weighted by Crippen LogP contribution is -2.39. The van der Waals surface area contributed by atoms with Gasteiger partial charge in [0, 0.05) is 6.54 Å². The molecular formula is C16H35N. The van der Waals surface area contributed by atoms with Gasteiger partial charge in [0.1, 0.15) is 0 Å². The van der Waals surface area contributed by atoms with Gasteiger partial charge in [-0.15, -0.1) is 0 Å². The smallest absolute Gasteiger partial charge is 0.000782 e. The summed E-state index contributed by atoms with van der Waals surface area (Å²) in [5.41, 5.74) is 0.450. The van der Waals surface area contributed by atoms with E-state index >= 15 is 0 Å². The standard InChI is InChI=1S/C16H35N/c1-8-15(9-2)10-16(7,14(5)6)12-17-11-13(3)4/h13-15,17H,8-12H2,1-7H3. The van der Waals surface area contributed by atoms with Gasteiger partial charge in [-0.25, -0.2) is 0 Å². The van der Waals surface area contributed by atoms with Crippen molar-refractivity contribution in [1.82, 2.24) is 5.32 Å². The Kier molecular flexibility index (Phi) is 8.11. The minimum atomic E-state index is 0.450. The summed E-state index contributed by atoms with van der Waals surface area (Å²) in [5, 5.41) is 3.66. The quantitative estimate of drug-likeness (QED) is 0.616. The van der Waals surface area contributed by atoms with E-state index in [1.807, 2.05) is 0 Å². The maximum Gasteiger partial charge on any atom is 0.000782 e. The number of rotatable bonds is 9. The van der Waals surface area contributed by atoms with Crippen LogP contribution in [0, 0.1) is 23.2 Å². The van der Waals surface area contributed by atoms with Gasteiger partial charge in [0.05, 0.1) is 0 Å². The Morgan fingerprint density at radius 1 is 1.00 bits per heavy atom. The molecular weight excluding hydrogens is 206 g/mol. The second-order valence-electron chi connectivity index (χ2n) is 6.72. The number of hydrogen-bond acceptors (Lipinski definition) is 1. The fourth-order valence-corrected chi connectivity index (χ4v) is 2.40. The van der Waals surface area contributed by atoms with Crippen molar-refractivity contribution in [1.29, 1.82) is 0 Å². The molecule has 0 rings (SSSR count). The Labute approximate surface area is 110 Å². The number of hydrogen-bond donors (Lipinski definition) is 1. The maximum atomic E-state index is 3.66. The molecule has 0 saturated carbocycles. The van der Waals surface area contributed by atoms with Gasteiger partial charge in [-0.1, -0.05) is 61.3 Å². The van der Waals surface area contributed by atoms with Gasteiger partial charge in [0.15, 0.2) is 0 Å². The first-order valence-corrected chi connectivity index (χ1v) is 7.56. The SMILES string of the molecule is CCC(CC)CC(C)(CNCC(C)C)C(C)C. The molecule has 0 fully saturated rings. The van der Waals surface area contributed by atoms with E-state index in [-0.39, 0.29) is 0 Å². The Morgan fingerprint density at radius 2 is 1.53 bits per heavy atom. The topological polar surface area (TPSA) is 12.0 Å². The van der Waals surface area contributed by atoms with Gasteiger partial charge in [-0.05, 0) is 36.1 Å². The molecule has 1 N–H and O–H groups in total. The van der Waals surface area contributed by atoms with Gasteiger partial charge in [-0.3, -0.25) is 0 Å². The lowest BCUT2D eigenvalue weighted by molar-refractivity contribution is 0.151. The molecule has 0 amide bonds. The maximum absolute atomic E-state index is 3.66. The van der Waals surface area contributed by atoms with Crippen LogP contribution in [-0.4, -0.2) is 13.1 Å². The highest BCUT2D eigenvalue weighted by Crippen LogP contribution is 2.35. The molecule has 0 aliphatic rings. The molecule has 1 heteroatoms. The van der Waals surface area contributed by atoms with Crippen LogP contribution < -0.4 is 5.32 Å². The van der Waals surface area contributed by atoms with Crippen LogP contribution in [0.15, 0.2) is 0 Å². The zero-order valence-corrected chi connectivity index (χ0v) is 13.3. The third-order valence-electron chi connectivity index (χ3n) is 4.38. The van der Waals surface area contributed by atoms with Crippen molar-refractivity contribution in [3.8, 4) is 0 Å². The van der Waals surface area contributed by atoms with Crippen LogP contribution >= 0.6 is 0 Å². The lowest BCUT2D eigenvalue weighted by atomic mass is 9.71. The van der Waals surface area contributed by atoms with Gasteiger partial charge in [0.25, 0.3) is 0 Å². The van der Waals surface area contributed by atoms with E-state index in [0.717, 1.165) is 24.3 Å². The predicted molar refractivity (Wildman–Crippen MR) is 79.3 cm³/mol. The Hall–Kier alpha value is -0.0400. The minimum absolute atomic E-state index is 0.450. The van der Waals surface area contributed by atoms with E-state index in [0.29, 0.717) is 5.41 Å². The van der Waals surface area contributed by atoms with Crippen molar-refractivity contribution in [2.75, 3.05) is 13.1 Å². The van der Waals surface area contributed by atoms with Crippen molar-refractivity contribution >= 4 is 0 Å². The zero-order valence-electron chi connectivity index (χ0n) is 13.3. The largest absolute Gasteiger partial charge is 0.316 e. The molecule has 0 spiro atoms. The lowest BCUT2D eigenvalue weighted by Gasteiger charge is -2.37. The van der Waals surface area contributed by atoms with Gasteiger partial charge in [-0.2, -0.15) is 0 Å². The van der Waals surface area contributed by atoms with E-state index < -0.39 is 0 Å². The molecule has 0 radical (unpaired) electrons. The molecule has 0 aromatic rings. The molecule has 1 nitrogen and oxygen atoms in total. The van der Waals surface area contributed by atoms with Crippen LogP contribution in [-0.2, 0) is 0 Å². The van der Waals surface area contributed by atoms with E-state index in [2.05, 4.69) is 53.8 Å². The normalized spacial score (nSPS) is 15.9. The molecule has 0 saturated heterocycles. The highest BCUT2D eigenvalue weighted by atomic mass is 14.9. The van der Waals surface area contributed by atoms with Gasteiger partial charge < -0.3 is 5.32 Å². The summed E-state index contributed by atoms with van der Waals surface area (Å²) in [6, 6.07) is 0. The molecule has 17 heavy (non-hydrogen) atoms. The average molecular weight is 241 g/mol. The fourth-order valence-electron chi connectivity index (χ4n) is 2.40. The van der Waals surface area contributed by atoms with Crippen LogP contribution in [0.3, 0.4) is 0 Å². The van der Waals surface area contributed by atoms with Crippen molar-refractivity contribution < 1.29 is 0 Å². The molecule has 0 aromatic heterocycles. The summed E-state index contributed by atoms with van der Waals surface area (Å²) in [6.07, 6.45) is 4.01. The van der Waals surface area contributed by atoms with Crippen molar-refractivity contribution in [2.24, 2.45) is 23.2 Å². The average Bonchev–Trinajstić information content (AvgIpc) is 2.25. The van der Waals surface area contributed by atoms with E-state index in [4.69, 9.17) is 0 Å². The van der Waals surface area contributed by atoms with E-state index in [9.17, 15) is 0 Å². The molecule has 1 atom stereocenters. The van der Waals surface area contributed by atoms with Gasteiger partial charge >= 0.3 is 0 Å². The van der Waals surface area contributed by atoms with Crippen LogP contribution in [0.25, 0.3) is 0 Å². The van der Waals surface area contributed by atoms with Crippen LogP contribution in [0.5, 0.6) is 0 Å². The molecule has 0 aliphatic carbocycles. The van der Waals surface area contributed by atoms with Crippen LogP contribution in [0.1, 0.15) is 67.7 Å². The summed E-state index contributed by atoms with van der Waals surface area (Å²) in [6.45, 7) is 18.7. The molecule has 1 unspecified atom stereocenters. The fraction of sp³-hybridized carbons (Fsp3) is 1.00. The first-order valence-electron chi connectivity index (χ1n) is 7.56. The Balaban J connectivity index is 4.34. The zero-order chi connectivity index (χ0) is 13.5. The predicted octanol–water partition coefficient (Wildman–Crippen LogP) is 4.72. The minimum Gasteiger partial charge on any atom is -0.316 e. The van der Waals surface area contributed by atoms with Crippen molar-refractivity contribution in [3.05, 3.63) is 0 Å². The van der Waals surface area contributed by atoms with Crippen molar-refractivity contribution in [2.45, 2.75) is 67.7 Å². The summed E-state index contributed by atoms with van der Waals surface area (Å²) >= 11 is 0. The summed E-state index contributed by atoms with van der Waals surface area (Å²) in [7, 11) is 0. The summed E-state index contributed by atoms with van der Waals surface area (Å²) in [4.78, 5) is 0. The second kappa shape index (κ2) is 8.13. The van der Waals surface area contributed by atoms with Crippen molar-refractivity contribution in [3.63, 3.8) is 0 Å². The van der Waals surface area contributed by atoms with Crippen LogP contribution in [0.4, 0.5) is 0 Å². The second-order valence-corrected chi connectivity index (χ2v) is 6.72.